The Balaban J connectivity index is 1.47. The summed E-state index contributed by atoms with van der Waals surface area (Å²) in [5.41, 5.74) is 0.727. The van der Waals surface area contributed by atoms with Gasteiger partial charge in [-0.3, -0.25) is 19.5 Å². The molecule has 1 spiro atoms. The van der Waals surface area contributed by atoms with Crippen molar-refractivity contribution in [3.8, 4) is 0 Å². The first-order chi connectivity index (χ1) is 13.5. The highest BCUT2D eigenvalue weighted by molar-refractivity contribution is 5.99. The minimum Gasteiger partial charge on any atom is -0.348 e. The Morgan fingerprint density at radius 3 is 2.89 bits per heavy atom. The van der Waals surface area contributed by atoms with Crippen LogP contribution in [-0.4, -0.2) is 44.3 Å². The Hall–Kier alpha value is -2.90. The van der Waals surface area contributed by atoms with E-state index in [1.54, 1.807) is 36.5 Å². The molecule has 1 aliphatic carbocycles. The Bertz CT molecular complexity index is 917. The molecule has 1 N–H and O–H groups in total. The smallest absolute Gasteiger partial charge is 0.270 e. The summed E-state index contributed by atoms with van der Waals surface area (Å²) in [7, 11) is 0. The van der Waals surface area contributed by atoms with Gasteiger partial charge in [0.25, 0.3) is 5.91 Å². The summed E-state index contributed by atoms with van der Waals surface area (Å²) in [5, 5.41) is 3.07. The number of carbonyl (C=O) groups excluding carboxylic acids is 2. The fraction of sp³-hybridized carbons (Fsp3) is 0.500. The van der Waals surface area contributed by atoms with Crippen LogP contribution in [0.4, 0.5) is 5.82 Å². The number of amides is 2. The van der Waals surface area contributed by atoms with Crippen LogP contribution >= 0.6 is 0 Å². The number of nitrogens with zero attached hydrogens (tertiary/aromatic N) is 5. The average Bonchev–Trinajstić information content (AvgIpc) is 2.97. The first-order valence-corrected chi connectivity index (χ1v) is 9.68. The van der Waals surface area contributed by atoms with Crippen LogP contribution in [0.15, 0.2) is 24.7 Å². The van der Waals surface area contributed by atoms with Gasteiger partial charge in [-0.2, -0.15) is 0 Å². The monoisotopic (exact) mass is 380 g/mol. The number of rotatable bonds is 3. The summed E-state index contributed by atoms with van der Waals surface area (Å²) in [6, 6.07) is 1.57. The quantitative estimate of drug-likeness (QED) is 0.874. The first kappa shape index (κ1) is 18.5. The van der Waals surface area contributed by atoms with E-state index in [0.717, 1.165) is 31.4 Å². The summed E-state index contributed by atoms with van der Waals surface area (Å²) in [6.07, 6.45) is 8.96. The molecule has 146 valence electrons. The van der Waals surface area contributed by atoms with Crippen LogP contribution in [0, 0.1) is 19.3 Å². The molecule has 2 fully saturated rings. The van der Waals surface area contributed by atoms with Gasteiger partial charge in [-0.1, -0.05) is 6.42 Å². The molecule has 0 unspecified atom stereocenters. The van der Waals surface area contributed by atoms with Gasteiger partial charge >= 0.3 is 0 Å². The van der Waals surface area contributed by atoms with E-state index in [4.69, 9.17) is 0 Å². The minimum absolute atomic E-state index is 0.0379. The average molecular weight is 380 g/mol. The van der Waals surface area contributed by atoms with Crippen LogP contribution in [-0.2, 0) is 4.79 Å². The minimum atomic E-state index is -0.427. The summed E-state index contributed by atoms with van der Waals surface area (Å²) in [4.78, 5) is 44.4. The highest BCUT2D eigenvalue weighted by Crippen LogP contribution is 2.45. The predicted molar refractivity (Wildman–Crippen MR) is 103 cm³/mol. The van der Waals surface area contributed by atoms with Crippen molar-refractivity contribution in [1.29, 1.82) is 0 Å². The second-order valence-electron chi connectivity index (χ2n) is 7.76. The van der Waals surface area contributed by atoms with Crippen molar-refractivity contribution in [3.05, 3.63) is 41.9 Å². The fourth-order valence-corrected chi connectivity index (χ4v) is 4.37. The lowest BCUT2D eigenvalue weighted by Crippen LogP contribution is -2.46. The van der Waals surface area contributed by atoms with Crippen molar-refractivity contribution in [3.63, 3.8) is 0 Å². The Kier molecular flexibility index (Phi) is 4.78. The van der Waals surface area contributed by atoms with Crippen LogP contribution in [0.1, 0.15) is 54.1 Å². The van der Waals surface area contributed by atoms with E-state index >= 15 is 0 Å². The maximum atomic E-state index is 13.3. The van der Waals surface area contributed by atoms with E-state index in [1.165, 1.54) is 0 Å². The number of aryl methyl sites for hydroxylation is 2. The number of hydrogen-bond donors (Lipinski definition) is 1. The summed E-state index contributed by atoms with van der Waals surface area (Å²) >= 11 is 0. The topological polar surface area (TPSA) is 101 Å². The van der Waals surface area contributed by atoms with Crippen molar-refractivity contribution in [2.45, 2.75) is 52.0 Å². The van der Waals surface area contributed by atoms with Crippen LogP contribution in [0.5, 0.6) is 0 Å². The van der Waals surface area contributed by atoms with Crippen LogP contribution in [0.3, 0.4) is 0 Å². The second kappa shape index (κ2) is 7.26. The maximum Gasteiger partial charge on any atom is 0.270 e. The lowest BCUT2D eigenvalue weighted by Gasteiger charge is -2.36. The molecule has 2 aromatic rings. The van der Waals surface area contributed by atoms with Crippen molar-refractivity contribution >= 4 is 17.6 Å². The SMILES string of the molecule is Cc1cncc(N2CC[C@]3(CCC[C@H](NC(=O)c4ccnc(C)n4)C3)C2=O)n1. The van der Waals surface area contributed by atoms with Crippen LogP contribution < -0.4 is 10.2 Å². The van der Waals surface area contributed by atoms with Gasteiger partial charge in [0.2, 0.25) is 5.91 Å². The van der Waals surface area contributed by atoms with E-state index in [2.05, 4.69) is 25.3 Å². The van der Waals surface area contributed by atoms with Gasteiger partial charge < -0.3 is 5.32 Å². The van der Waals surface area contributed by atoms with Gasteiger partial charge in [-0.25, -0.2) is 15.0 Å². The second-order valence-corrected chi connectivity index (χ2v) is 7.76. The van der Waals surface area contributed by atoms with Crippen molar-refractivity contribution in [2.24, 2.45) is 5.41 Å². The lowest BCUT2D eigenvalue weighted by atomic mass is 9.71. The molecule has 1 saturated heterocycles. The molecule has 0 radical (unpaired) electrons. The summed E-state index contributed by atoms with van der Waals surface area (Å²) < 4.78 is 0. The third kappa shape index (κ3) is 3.46. The standard InChI is InChI=1S/C20H24N6O2/c1-13-11-21-12-17(23-13)26-9-7-20(19(26)28)6-3-4-15(10-20)25-18(27)16-5-8-22-14(2)24-16/h5,8,11-12,15H,3-4,6-7,9-10H2,1-2H3,(H,25,27)/t15-,20-/m0/s1. The maximum absolute atomic E-state index is 13.3. The number of hydrogen-bond acceptors (Lipinski definition) is 6. The number of nitrogens with one attached hydrogen (secondary N) is 1. The molecule has 8 nitrogen and oxygen atoms in total. The fourth-order valence-electron chi connectivity index (χ4n) is 4.37. The molecule has 0 bridgehead atoms. The first-order valence-electron chi connectivity index (χ1n) is 9.68. The van der Waals surface area contributed by atoms with Gasteiger partial charge in [-0.05, 0) is 45.6 Å². The molecule has 2 aliphatic rings. The van der Waals surface area contributed by atoms with Gasteiger partial charge in [-0.15, -0.1) is 0 Å². The van der Waals surface area contributed by atoms with Crippen molar-refractivity contribution in [2.75, 3.05) is 11.4 Å². The zero-order chi connectivity index (χ0) is 19.7. The Morgan fingerprint density at radius 2 is 2.11 bits per heavy atom. The van der Waals surface area contributed by atoms with E-state index in [0.29, 0.717) is 30.3 Å². The third-order valence-electron chi connectivity index (χ3n) is 5.72. The van der Waals surface area contributed by atoms with Gasteiger partial charge in [0.05, 0.1) is 17.3 Å². The highest BCUT2D eigenvalue weighted by atomic mass is 16.2. The van der Waals surface area contributed by atoms with Gasteiger partial charge in [0.1, 0.15) is 11.5 Å². The molecule has 3 heterocycles. The van der Waals surface area contributed by atoms with E-state index < -0.39 is 5.41 Å². The predicted octanol–water partition coefficient (Wildman–Crippen LogP) is 1.98. The zero-order valence-corrected chi connectivity index (χ0v) is 16.2. The molecule has 8 heteroatoms. The number of anilines is 1. The summed E-state index contributed by atoms with van der Waals surface area (Å²) in [5.74, 6) is 1.07. The van der Waals surface area contributed by atoms with E-state index in [9.17, 15) is 9.59 Å². The molecule has 0 aromatic carbocycles. The van der Waals surface area contributed by atoms with Gasteiger partial charge in [0, 0.05) is 25.0 Å². The molecule has 2 aromatic heterocycles. The Morgan fingerprint density at radius 1 is 1.25 bits per heavy atom. The number of aromatic nitrogens is 4. The molecule has 1 aliphatic heterocycles. The molecule has 2 atom stereocenters. The van der Waals surface area contributed by atoms with Crippen LogP contribution in [0.2, 0.25) is 0 Å². The van der Waals surface area contributed by atoms with E-state index in [1.807, 2.05) is 6.92 Å². The lowest BCUT2D eigenvalue weighted by molar-refractivity contribution is -0.127. The van der Waals surface area contributed by atoms with Crippen molar-refractivity contribution in [1.82, 2.24) is 25.3 Å². The van der Waals surface area contributed by atoms with Crippen molar-refractivity contribution < 1.29 is 9.59 Å². The molecular weight excluding hydrogens is 356 g/mol. The normalized spacial score (nSPS) is 24.6. The highest BCUT2D eigenvalue weighted by Gasteiger charge is 2.50. The Labute approximate surface area is 163 Å². The third-order valence-corrected chi connectivity index (χ3v) is 5.72. The van der Waals surface area contributed by atoms with Crippen LogP contribution in [0.25, 0.3) is 0 Å². The van der Waals surface area contributed by atoms with E-state index in [-0.39, 0.29) is 17.9 Å². The van der Waals surface area contributed by atoms with Gasteiger partial charge in [0.15, 0.2) is 5.82 Å². The molecule has 28 heavy (non-hydrogen) atoms. The largest absolute Gasteiger partial charge is 0.348 e. The zero-order valence-electron chi connectivity index (χ0n) is 16.2. The number of carbonyl (C=O) groups is 2. The summed E-state index contributed by atoms with van der Waals surface area (Å²) in [6.45, 7) is 4.27. The molecule has 4 rings (SSSR count). The molecular formula is C20H24N6O2. The molecule has 2 amide bonds. The molecule has 1 saturated carbocycles.